The van der Waals surface area contributed by atoms with E-state index in [1.165, 1.54) is 18.4 Å². The monoisotopic (exact) mass is 323 g/mol. The molecule has 0 saturated carbocycles. The van der Waals surface area contributed by atoms with E-state index in [1.54, 1.807) is 12.3 Å². The Kier molecular flexibility index (Phi) is 4.01. The van der Waals surface area contributed by atoms with Gasteiger partial charge in [-0.2, -0.15) is 0 Å². The van der Waals surface area contributed by atoms with Crippen LogP contribution in [0.25, 0.3) is 10.9 Å². The van der Waals surface area contributed by atoms with Crippen molar-refractivity contribution in [2.45, 2.75) is 18.9 Å². The standard InChI is InChI=1S/C15H18FN3O2S/c1-22(20,21)18-12-3-2-8-19(10-12)15-6-7-17-14-9-11(16)4-5-13(14)15/h4-7,9,12,18H,2-3,8,10H2,1H3. The second kappa shape index (κ2) is 5.81. The van der Waals surface area contributed by atoms with Gasteiger partial charge in [-0.05, 0) is 31.0 Å². The molecule has 5 nitrogen and oxygen atoms in total. The van der Waals surface area contributed by atoms with Gasteiger partial charge >= 0.3 is 0 Å². The number of nitrogens with zero attached hydrogens (tertiary/aromatic N) is 2. The maximum atomic E-state index is 13.3. The molecule has 7 heteroatoms. The minimum absolute atomic E-state index is 0.104. The normalized spacial score (nSPS) is 19.5. The number of hydrogen-bond donors (Lipinski definition) is 1. The van der Waals surface area contributed by atoms with Crippen LogP contribution in [0.15, 0.2) is 30.5 Å². The number of pyridine rings is 1. The lowest BCUT2D eigenvalue weighted by molar-refractivity contribution is 0.468. The van der Waals surface area contributed by atoms with Crippen LogP contribution < -0.4 is 9.62 Å². The number of piperidine rings is 1. The Hall–Kier alpha value is -1.73. The molecule has 0 spiro atoms. The van der Waals surface area contributed by atoms with Crippen LogP contribution in [-0.2, 0) is 10.0 Å². The van der Waals surface area contributed by atoms with Crippen molar-refractivity contribution in [3.8, 4) is 0 Å². The van der Waals surface area contributed by atoms with Gasteiger partial charge in [-0.3, -0.25) is 4.98 Å². The van der Waals surface area contributed by atoms with E-state index in [1.807, 2.05) is 6.07 Å². The Labute approximate surface area is 129 Å². The van der Waals surface area contributed by atoms with Gasteiger partial charge in [0.15, 0.2) is 0 Å². The molecule has 0 bridgehead atoms. The maximum Gasteiger partial charge on any atom is 0.209 e. The van der Waals surface area contributed by atoms with Crippen molar-refractivity contribution in [1.82, 2.24) is 9.71 Å². The Morgan fingerprint density at radius 3 is 2.95 bits per heavy atom. The average Bonchev–Trinajstić information content (AvgIpc) is 2.44. The number of halogens is 1. The average molecular weight is 323 g/mol. The molecule has 3 rings (SSSR count). The minimum Gasteiger partial charge on any atom is -0.369 e. The van der Waals surface area contributed by atoms with Crippen molar-refractivity contribution in [3.05, 3.63) is 36.3 Å². The highest BCUT2D eigenvalue weighted by atomic mass is 32.2. The predicted molar refractivity (Wildman–Crippen MR) is 84.9 cm³/mol. The molecule has 1 aliphatic rings. The number of benzene rings is 1. The first kappa shape index (κ1) is 15.2. The van der Waals surface area contributed by atoms with Crippen LogP contribution in [-0.4, -0.2) is 38.8 Å². The van der Waals surface area contributed by atoms with Gasteiger partial charge in [0, 0.05) is 42.5 Å². The second-order valence-electron chi connectivity index (χ2n) is 5.67. The van der Waals surface area contributed by atoms with Crippen molar-refractivity contribution >= 4 is 26.6 Å². The molecule has 0 amide bonds. The number of aromatic nitrogens is 1. The number of rotatable bonds is 3. The summed E-state index contributed by atoms with van der Waals surface area (Å²) in [4.78, 5) is 6.33. The summed E-state index contributed by atoms with van der Waals surface area (Å²) in [6, 6.07) is 6.34. The number of hydrogen-bond acceptors (Lipinski definition) is 4. The number of sulfonamides is 1. The molecule has 1 aromatic heterocycles. The van der Waals surface area contributed by atoms with Crippen LogP contribution in [0.3, 0.4) is 0 Å². The Bertz CT molecular complexity index is 794. The van der Waals surface area contributed by atoms with Gasteiger partial charge in [0.05, 0.1) is 11.8 Å². The SMILES string of the molecule is CS(=O)(=O)NC1CCCN(c2ccnc3cc(F)ccc23)C1. The minimum atomic E-state index is -3.22. The molecular weight excluding hydrogens is 305 g/mol. The predicted octanol–water partition coefficient (Wildman–Crippen LogP) is 1.89. The quantitative estimate of drug-likeness (QED) is 0.937. The molecule has 1 unspecified atom stereocenters. The highest BCUT2D eigenvalue weighted by Gasteiger charge is 2.23. The fourth-order valence-electron chi connectivity index (χ4n) is 2.98. The molecule has 2 heterocycles. The summed E-state index contributed by atoms with van der Waals surface area (Å²) in [7, 11) is -3.22. The van der Waals surface area contributed by atoms with E-state index in [0.717, 1.165) is 30.5 Å². The number of nitrogens with one attached hydrogen (secondary N) is 1. The van der Waals surface area contributed by atoms with E-state index in [0.29, 0.717) is 12.1 Å². The summed E-state index contributed by atoms with van der Waals surface area (Å²) in [5, 5.41) is 0.879. The van der Waals surface area contributed by atoms with E-state index in [9.17, 15) is 12.8 Å². The zero-order chi connectivity index (χ0) is 15.7. The smallest absolute Gasteiger partial charge is 0.209 e. The largest absolute Gasteiger partial charge is 0.369 e. The van der Waals surface area contributed by atoms with E-state index in [4.69, 9.17) is 0 Å². The van der Waals surface area contributed by atoms with Gasteiger partial charge in [-0.15, -0.1) is 0 Å². The molecule has 118 valence electrons. The topological polar surface area (TPSA) is 62.3 Å². The van der Waals surface area contributed by atoms with E-state index in [-0.39, 0.29) is 11.9 Å². The van der Waals surface area contributed by atoms with Gasteiger partial charge < -0.3 is 4.90 Å². The Morgan fingerprint density at radius 2 is 2.18 bits per heavy atom. The fraction of sp³-hybridized carbons (Fsp3) is 0.400. The number of anilines is 1. The van der Waals surface area contributed by atoms with Crippen LogP contribution in [0.1, 0.15) is 12.8 Å². The molecule has 0 aliphatic carbocycles. The first-order chi connectivity index (χ1) is 10.4. The molecule has 1 fully saturated rings. The van der Waals surface area contributed by atoms with Crippen LogP contribution in [0.4, 0.5) is 10.1 Å². The Balaban J connectivity index is 1.90. The molecular formula is C15H18FN3O2S. The zero-order valence-electron chi connectivity index (χ0n) is 12.3. The highest BCUT2D eigenvalue weighted by molar-refractivity contribution is 7.88. The molecule has 2 aromatic rings. The van der Waals surface area contributed by atoms with Crippen molar-refractivity contribution in [1.29, 1.82) is 0 Å². The first-order valence-corrected chi connectivity index (χ1v) is 9.08. The van der Waals surface area contributed by atoms with Crippen molar-refractivity contribution in [2.75, 3.05) is 24.2 Å². The van der Waals surface area contributed by atoms with Crippen LogP contribution in [0.5, 0.6) is 0 Å². The summed E-state index contributed by atoms with van der Waals surface area (Å²) >= 11 is 0. The lowest BCUT2D eigenvalue weighted by Crippen LogP contribution is -2.47. The first-order valence-electron chi connectivity index (χ1n) is 7.19. The maximum absolute atomic E-state index is 13.3. The third-order valence-electron chi connectivity index (χ3n) is 3.82. The zero-order valence-corrected chi connectivity index (χ0v) is 13.1. The Morgan fingerprint density at radius 1 is 1.36 bits per heavy atom. The van der Waals surface area contributed by atoms with E-state index < -0.39 is 10.0 Å². The van der Waals surface area contributed by atoms with Gasteiger partial charge in [-0.25, -0.2) is 17.5 Å². The lowest BCUT2D eigenvalue weighted by atomic mass is 10.0. The molecule has 1 saturated heterocycles. The molecule has 1 atom stereocenters. The van der Waals surface area contributed by atoms with Gasteiger partial charge in [0.25, 0.3) is 0 Å². The van der Waals surface area contributed by atoms with Gasteiger partial charge in [0.1, 0.15) is 5.82 Å². The third-order valence-corrected chi connectivity index (χ3v) is 4.59. The van der Waals surface area contributed by atoms with Crippen molar-refractivity contribution in [3.63, 3.8) is 0 Å². The number of fused-ring (bicyclic) bond motifs is 1. The van der Waals surface area contributed by atoms with Crippen LogP contribution >= 0.6 is 0 Å². The summed E-state index contributed by atoms with van der Waals surface area (Å²) in [5.41, 5.74) is 1.57. The second-order valence-corrected chi connectivity index (χ2v) is 7.45. The molecule has 22 heavy (non-hydrogen) atoms. The third kappa shape index (κ3) is 3.36. The van der Waals surface area contributed by atoms with Gasteiger partial charge in [0.2, 0.25) is 10.0 Å². The van der Waals surface area contributed by atoms with E-state index >= 15 is 0 Å². The van der Waals surface area contributed by atoms with Crippen molar-refractivity contribution < 1.29 is 12.8 Å². The van der Waals surface area contributed by atoms with E-state index in [2.05, 4.69) is 14.6 Å². The van der Waals surface area contributed by atoms with Gasteiger partial charge in [-0.1, -0.05) is 0 Å². The fourth-order valence-corrected chi connectivity index (χ4v) is 3.77. The highest BCUT2D eigenvalue weighted by Crippen LogP contribution is 2.28. The van der Waals surface area contributed by atoms with Crippen LogP contribution in [0, 0.1) is 5.82 Å². The summed E-state index contributed by atoms with van der Waals surface area (Å²) in [6.07, 6.45) is 4.56. The lowest BCUT2D eigenvalue weighted by Gasteiger charge is -2.35. The molecule has 1 aliphatic heterocycles. The summed E-state index contributed by atoms with van der Waals surface area (Å²) in [5.74, 6) is -0.313. The van der Waals surface area contributed by atoms with Crippen LogP contribution in [0.2, 0.25) is 0 Å². The summed E-state index contributed by atoms with van der Waals surface area (Å²) < 4.78 is 38.8. The molecule has 1 N–H and O–H groups in total. The summed E-state index contributed by atoms with van der Waals surface area (Å²) in [6.45, 7) is 1.45. The molecule has 1 aromatic carbocycles. The van der Waals surface area contributed by atoms with Crippen molar-refractivity contribution in [2.24, 2.45) is 0 Å². The molecule has 0 radical (unpaired) electrons.